The zero-order valence-electron chi connectivity index (χ0n) is 17.7. The number of rotatable bonds is 8. The van der Waals surface area contributed by atoms with Gasteiger partial charge in [-0.25, -0.2) is 0 Å². The molecule has 1 aliphatic heterocycles. The summed E-state index contributed by atoms with van der Waals surface area (Å²) < 4.78 is 46.6. The molecule has 1 unspecified atom stereocenters. The summed E-state index contributed by atoms with van der Waals surface area (Å²) in [5.41, 5.74) is -0.115. The zero-order chi connectivity index (χ0) is 23.3. The number of benzene rings is 2. The van der Waals surface area contributed by atoms with Crippen molar-refractivity contribution in [3.05, 3.63) is 59.2 Å². The van der Waals surface area contributed by atoms with E-state index >= 15 is 0 Å². The van der Waals surface area contributed by atoms with Gasteiger partial charge in [0.1, 0.15) is 11.9 Å². The number of halogens is 3. The molecule has 3 rings (SSSR count). The molecule has 6 nitrogen and oxygen atoms in total. The molecule has 1 aliphatic rings. The maximum Gasteiger partial charge on any atom is 0.416 e. The second kappa shape index (κ2) is 10.3. The molecular weight excluding hydrogens is 425 g/mol. The van der Waals surface area contributed by atoms with Crippen molar-refractivity contribution in [2.24, 2.45) is 0 Å². The maximum atomic E-state index is 13.8. The van der Waals surface area contributed by atoms with Crippen LogP contribution in [0.15, 0.2) is 42.5 Å². The first-order valence-corrected chi connectivity index (χ1v) is 10.4. The number of aliphatic hydroxyl groups is 2. The highest BCUT2D eigenvalue weighted by Crippen LogP contribution is 2.42. The number of ether oxygens (including phenoxy) is 1. The molecule has 32 heavy (non-hydrogen) atoms. The quantitative estimate of drug-likeness (QED) is 0.537. The number of nitrogens with zero attached hydrogens (tertiary/aromatic N) is 1. The van der Waals surface area contributed by atoms with Crippen molar-refractivity contribution in [2.45, 2.75) is 31.0 Å². The molecular formula is C23H27F3N2O4. The summed E-state index contributed by atoms with van der Waals surface area (Å²) in [6.07, 6.45) is -5.72. The number of hydrogen-bond donors (Lipinski definition) is 3. The number of amides is 1. The molecule has 9 heteroatoms. The molecule has 174 valence electrons. The molecule has 0 aliphatic carbocycles. The van der Waals surface area contributed by atoms with Crippen LogP contribution in [0.5, 0.6) is 5.75 Å². The summed E-state index contributed by atoms with van der Waals surface area (Å²) in [5, 5.41) is 22.8. The Morgan fingerprint density at radius 2 is 1.88 bits per heavy atom. The van der Waals surface area contributed by atoms with E-state index in [2.05, 4.69) is 5.32 Å². The number of alkyl halides is 3. The topological polar surface area (TPSA) is 82.0 Å². The standard InChI is InChI=1S/C23H27F3N2O4/c1-32-16-8-6-15(7-9-16)17-14-18-19(23(24,25)26)4-2-5-20(18)28(22(31)21(17)30)12-11-27-10-3-13-29/h2,4-9,17,21,27,29-30H,3,10-14H2,1H3/t17?,21-/m1/s1. The van der Waals surface area contributed by atoms with E-state index in [1.54, 1.807) is 24.3 Å². The lowest BCUT2D eigenvalue weighted by Gasteiger charge is -2.26. The molecule has 0 aromatic heterocycles. The SMILES string of the molecule is COc1ccc(C2Cc3c(cccc3C(F)(F)F)N(CCNCCCO)C(=O)[C@@H]2O)cc1. The highest BCUT2D eigenvalue weighted by Gasteiger charge is 2.41. The highest BCUT2D eigenvalue weighted by atomic mass is 19.4. The minimum Gasteiger partial charge on any atom is -0.497 e. The van der Waals surface area contributed by atoms with Crippen molar-refractivity contribution >= 4 is 11.6 Å². The number of anilines is 1. The molecule has 0 saturated carbocycles. The van der Waals surface area contributed by atoms with E-state index in [0.717, 1.165) is 6.07 Å². The Balaban J connectivity index is 2.01. The molecule has 2 aromatic rings. The third-order valence-electron chi connectivity index (χ3n) is 5.64. The Kier molecular flexibility index (Phi) is 7.76. The fourth-order valence-corrected chi connectivity index (χ4v) is 3.99. The van der Waals surface area contributed by atoms with E-state index in [1.807, 2.05) is 0 Å². The van der Waals surface area contributed by atoms with Gasteiger partial charge in [-0.1, -0.05) is 18.2 Å². The van der Waals surface area contributed by atoms with Gasteiger partial charge >= 0.3 is 6.18 Å². The number of methoxy groups -OCH3 is 1. The van der Waals surface area contributed by atoms with Gasteiger partial charge in [-0.15, -0.1) is 0 Å². The molecule has 3 N–H and O–H groups in total. The van der Waals surface area contributed by atoms with Crippen LogP contribution < -0.4 is 15.0 Å². The number of fused-ring (bicyclic) bond motifs is 1. The summed E-state index contributed by atoms with van der Waals surface area (Å²) in [6, 6.07) is 10.4. The number of carbonyl (C=O) groups is 1. The van der Waals surface area contributed by atoms with Crippen LogP contribution in [-0.2, 0) is 17.4 Å². The third-order valence-corrected chi connectivity index (χ3v) is 5.64. The number of nitrogens with one attached hydrogen (secondary N) is 1. The van der Waals surface area contributed by atoms with Crippen LogP contribution in [0, 0.1) is 0 Å². The second-order valence-electron chi connectivity index (χ2n) is 7.65. The molecule has 1 amide bonds. The van der Waals surface area contributed by atoms with Gasteiger partial charge in [0.25, 0.3) is 5.91 Å². The first kappa shape index (κ1) is 24.0. The third kappa shape index (κ3) is 5.23. The Morgan fingerprint density at radius 1 is 1.16 bits per heavy atom. The second-order valence-corrected chi connectivity index (χ2v) is 7.65. The van der Waals surface area contributed by atoms with E-state index in [9.17, 15) is 23.1 Å². The van der Waals surface area contributed by atoms with Crippen LogP contribution in [0.25, 0.3) is 0 Å². The van der Waals surface area contributed by atoms with Gasteiger partial charge in [-0.3, -0.25) is 4.79 Å². The van der Waals surface area contributed by atoms with E-state index < -0.39 is 29.7 Å². The first-order chi connectivity index (χ1) is 15.3. The van der Waals surface area contributed by atoms with Crippen molar-refractivity contribution in [2.75, 3.05) is 38.3 Å². The Bertz CT molecular complexity index is 918. The van der Waals surface area contributed by atoms with E-state index in [0.29, 0.717) is 30.8 Å². The van der Waals surface area contributed by atoms with Gasteiger partial charge in [0, 0.05) is 31.3 Å². The van der Waals surface area contributed by atoms with E-state index in [1.165, 1.54) is 24.1 Å². The van der Waals surface area contributed by atoms with Crippen LogP contribution in [0.1, 0.15) is 29.0 Å². The smallest absolute Gasteiger partial charge is 0.416 e. The van der Waals surface area contributed by atoms with E-state index in [-0.39, 0.29) is 30.8 Å². The fraction of sp³-hybridized carbons (Fsp3) is 0.435. The molecule has 2 aromatic carbocycles. The maximum absolute atomic E-state index is 13.8. The van der Waals surface area contributed by atoms with Crippen molar-refractivity contribution in [1.82, 2.24) is 5.32 Å². The molecule has 0 saturated heterocycles. The minimum atomic E-state index is -4.60. The van der Waals surface area contributed by atoms with Gasteiger partial charge in [0.05, 0.1) is 12.7 Å². The van der Waals surface area contributed by atoms with Crippen LogP contribution in [-0.4, -0.2) is 55.6 Å². The largest absolute Gasteiger partial charge is 0.497 e. The average Bonchev–Trinajstić information content (AvgIpc) is 2.88. The van der Waals surface area contributed by atoms with Crippen LogP contribution >= 0.6 is 0 Å². The summed E-state index contributed by atoms with van der Waals surface area (Å²) in [7, 11) is 1.50. The number of aliphatic hydroxyl groups excluding tert-OH is 2. The Labute approximate surface area is 184 Å². The lowest BCUT2D eigenvalue weighted by molar-refractivity contribution is -0.138. The van der Waals surface area contributed by atoms with Crippen LogP contribution in [0.4, 0.5) is 18.9 Å². The number of carbonyl (C=O) groups excluding carboxylic acids is 1. The van der Waals surface area contributed by atoms with Gasteiger partial charge in [-0.05, 0) is 54.8 Å². The molecule has 0 bridgehead atoms. The molecule has 1 heterocycles. The molecule has 2 atom stereocenters. The summed E-state index contributed by atoms with van der Waals surface area (Å²) >= 11 is 0. The highest BCUT2D eigenvalue weighted by molar-refractivity contribution is 5.99. The van der Waals surface area contributed by atoms with Crippen molar-refractivity contribution in [3.63, 3.8) is 0 Å². The fourth-order valence-electron chi connectivity index (χ4n) is 3.99. The van der Waals surface area contributed by atoms with Gasteiger partial charge in [0.2, 0.25) is 0 Å². The normalized spacial score (nSPS) is 18.9. The van der Waals surface area contributed by atoms with E-state index in [4.69, 9.17) is 9.84 Å². The average molecular weight is 452 g/mol. The lowest BCUT2D eigenvalue weighted by atomic mass is 9.86. The summed E-state index contributed by atoms with van der Waals surface area (Å²) in [5.74, 6) is -0.925. The van der Waals surface area contributed by atoms with Crippen molar-refractivity contribution < 1.29 is 32.9 Å². The van der Waals surface area contributed by atoms with Gasteiger partial charge in [-0.2, -0.15) is 13.2 Å². The van der Waals surface area contributed by atoms with Crippen molar-refractivity contribution in [3.8, 4) is 5.75 Å². The van der Waals surface area contributed by atoms with Crippen molar-refractivity contribution in [1.29, 1.82) is 0 Å². The number of hydrogen-bond acceptors (Lipinski definition) is 5. The zero-order valence-corrected chi connectivity index (χ0v) is 17.7. The molecule has 0 spiro atoms. The Morgan fingerprint density at radius 3 is 2.50 bits per heavy atom. The van der Waals surface area contributed by atoms with Gasteiger partial charge < -0.3 is 25.2 Å². The summed E-state index contributed by atoms with van der Waals surface area (Å²) in [4.78, 5) is 14.4. The van der Waals surface area contributed by atoms with Crippen LogP contribution in [0.3, 0.4) is 0 Å². The predicted octanol–water partition coefficient (Wildman–Crippen LogP) is 2.72. The molecule has 0 fully saturated rings. The Hall–Kier alpha value is -2.62. The van der Waals surface area contributed by atoms with Gasteiger partial charge in [0.15, 0.2) is 0 Å². The molecule has 0 radical (unpaired) electrons. The first-order valence-electron chi connectivity index (χ1n) is 10.4. The predicted molar refractivity (Wildman–Crippen MR) is 114 cm³/mol. The summed E-state index contributed by atoms with van der Waals surface area (Å²) in [6.45, 7) is 0.910. The lowest BCUT2D eigenvalue weighted by Crippen LogP contribution is -2.44. The van der Waals surface area contributed by atoms with Crippen LogP contribution in [0.2, 0.25) is 0 Å². The minimum absolute atomic E-state index is 0.00960. The monoisotopic (exact) mass is 452 g/mol.